The van der Waals surface area contributed by atoms with Gasteiger partial charge in [0, 0.05) is 44.9 Å². The van der Waals surface area contributed by atoms with Gasteiger partial charge in [0.05, 0.1) is 11.8 Å². The highest BCUT2D eigenvalue weighted by molar-refractivity contribution is 7.15. The molecule has 166 valence electrons. The number of hydrogen-bond donors (Lipinski definition) is 0. The van der Waals surface area contributed by atoms with Crippen LogP contribution in [-0.4, -0.2) is 64.5 Å². The third-order valence-electron chi connectivity index (χ3n) is 5.88. The summed E-state index contributed by atoms with van der Waals surface area (Å²) in [4.78, 5) is 23.1. The number of carbonyl (C=O) groups excluding carboxylic acids is 1. The smallest absolute Gasteiger partial charge is 0.274 e. The molecular weight excluding hydrogens is 408 g/mol. The number of carbonyl (C=O) groups is 1. The van der Waals surface area contributed by atoms with Crippen LogP contribution in [0.3, 0.4) is 0 Å². The maximum atomic E-state index is 13.3. The molecule has 0 spiro atoms. The van der Waals surface area contributed by atoms with Crippen molar-refractivity contribution in [2.75, 3.05) is 33.3 Å². The molecule has 3 heterocycles. The van der Waals surface area contributed by atoms with Crippen molar-refractivity contribution in [2.45, 2.75) is 45.3 Å². The van der Waals surface area contributed by atoms with Crippen molar-refractivity contribution in [2.24, 2.45) is 0 Å². The molecule has 1 aliphatic heterocycles. The van der Waals surface area contributed by atoms with Crippen LogP contribution in [0.5, 0.6) is 0 Å². The molecular formula is C24H32N4O2S. The van der Waals surface area contributed by atoms with E-state index in [0.717, 1.165) is 62.6 Å². The average Bonchev–Trinajstić information content (AvgIpc) is 3.39. The Morgan fingerprint density at radius 2 is 2.16 bits per heavy atom. The van der Waals surface area contributed by atoms with Crippen molar-refractivity contribution in [1.29, 1.82) is 0 Å². The minimum absolute atomic E-state index is 0.00220. The average molecular weight is 441 g/mol. The first-order valence-electron chi connectivity index (χ1n) is 11.2. The fraction of sp³-hybridized carbons (Fsp3) is 0.500. The molecule has 1 amide bonds. The molecule has 1 aromatic carbocycles. The van der Waals surface area contributed by atoms with E-state index in [4.69, 9.17) is 9.72 Å². The Kier molecular flexibility index (Phi) is 7.37. The molecule has 2 aromatic heterocycles. The normalized spacial score (nSPS) is 17.3. The fourth-order valence-electron chi connectivity index (χ4n) is 4.17. The number of likely N-dealkylation sites (N-methyl/N-ethyl adjacent to an activating group) is 1. The molecule has 3 aromatic rings. The predicted molar refractivity (Wildman–Crippen MR) is 125 cm³/mol. The summed E-state index contributed by atoms with van der Waals surface area (Å²) < 4.78 is 8.09. The number of fused-ring (bicyclic) bond motifs is 1. The summed E-state index contributed by atoms with van der Waals surface area (Å²) >= 11 is 1.57. The van der Waals surface area contributed by atoms with Gasteiger partial charge < -0.3 is 9.64 Å². The van der Waals surface area contributed by atoms with E-state index in [0.29, 0.717) is 12.2 Å². The number of amides is 1. The zero-order valence-electron chi connectivity index (χ0n) is 18.5. The SMILES string of the molecule is CCCO[C@H]1CCCN(Cc2c(C(=O)N(C)CCc3ccccc3)nc3sccn23)C1. The van der Waals surface area contributed by atoms with Gasteiger partial charge in [-0.25, -0.2) is 4.98 Å². The second-order valence-corrected chi connectivity index (χ2v) is 9.17. The van der Waals surface area contributed by atoms with Crippen LogP contribution in [0.1, 0.15) is 47.9 Å². The minimum atomic E-state index is -0.00220. The summed E-state index contributed by atoms with van der Waals surface area (Å²) in [5.41, 5.74) is 2.81. The lowest BCUT2D eigenvalue weighted by atomic mass is 10.1. The predicted octanol–water partition coefficient (Wildman–Crippen LogP) is 4.10. The minimum Gasteiger partial charge on any atom is -0.377 e. The molecule has 0 unspecified atom stereocenters. The number of hydrogen-bond acceptors (Lipinski definition) is 5. The molecule has 0 saturated carbocycles. The summed E-state index contributed by atoms with van der Waals surface area (Å²) in [5.74, 6) is -0.00220. The number of piperidine rings is 1. The Morgan fingerprint density at radius 1 is 1.32 bits per heavy atom. The molecule has 31 heavy (non-hydrogen) atoms. The van der Waals surface area contributed by atoms with Crippen molar-refractivity contribution < 1.29 is 9.53 Å². The molecule has 1 saturated heterocycles. The fourth-order valence-corrected chi connectivity index (χ4v) is 4.90. The summed E-state index contributed by atoms with van der Waals surface area (Å²) in [6.07, 6.45) is 6.43. The largest absolute Gasteiger partial charge is 0.377 e. The van der Waals surface area contributed by atoms with E-state index >= 15 is 0 Å². The molecule has 0 aliphatic carbocycles. The van der Waals surface area contributed by atoms with Gasteiger partial charge in [-0.3, -0.25) is 14.1 Å². The van der Waals surface area contributed by atoms with Gasteiger partial charge in [0.15, 0.2) is 10.7 Å². The molecule has 1 fully saturated rings. The second-order valence-electron chi connectivity index (χ2n) is 8.30. The van der Waals surface area contributed by atoms with Gasteiger partial charge in [-0.1, -0.05) is 37.3 Å². The molecule has 7 heteroatoms. The van der Waals surface area contributed by atoms with E-state index in [2.05, 4.69) is 28.4 Å². The van der Waals surface area contributed by atoms with Crippen molar-refractivity contribution >= 4 is 22.2 Å². The molecule has 6 nitrogen and oxygen atoms in total. The second kappa shape index (κ2) is 10.4. The van der Waals surface area contributed by atoms with Crippen LogP contribution in [0.2, 0.25) is 0 Å². The molecule has 1 aliphatic rings. The van der Waals surface area contributed by atoms with Crippen LogP contribution in [0, 0.1) is 0 Å². The van der Waals surface area contributed by atoms with Gasteiger partial charge in [-0.2, -0.15) is 0 Å². The highest BCUT2D eigenvalue weighted by Crippen LogP contribution is 2.23. The monoisotopic (exact) mass is 440 g/mol. The van der Waals surface area contributed by atoms with Crippen LogP contribution < -0.4 is 0 Å². The van der Waals surface area contributed by atoms with E-state index in [1.54, 1.807) is 16.2 Å². The summed E-state index contributed by atoms with van der Waals surface area (Å²) in [6.45, 7) is 6.29. The number of nitrogens with zero attached hydrogens (tertiary/aromatic N) is 4. The number of thiazole rings is 1. The lowest BCUT2D eigenvalue weighted by Crippen LogP contribution is -2.40. The first-order chi connectivity index (χ1) is 15.2. The summed E-state index contributed by atoms with van der Waals surface area (Å²) in [5, 5.41) is 2.03. The van der Waals surface area contributed by atoms with Gasteiger partial charge in [0.2, 0.25) is 0 Å². The third kappa shape index (κ3) is 5.34. The van der Waals surface area contributed by atoms with E-state index in [9.17, 15) is 4.79 Å². The quantitative estimate of drug-likeness (QED) is 0.503. The number of rotatable bonds is 9. The first-order valence-corrected chi connectivity index (χ1v) is 12.1. The lowest BCUT2D eigenvalue weighted by molar-refractivity contribution is -0.00264. The van der Waals surface area contributed by atoms with Gasteiger partial charge in [0.1, 0.15) is 0 Å². The highest BCUT2D eigenvalue weighted by atomic mass is 32.1. The molecule has 0 bridgehead atoms. The van der Waals surface area contributed by atoms with Crippen molar-refractivity contribution in [3.05, 3.63) is 58.9 Å². The zero-order valence-corrected chi connectivity index (χ0v) is 19.3. The van der Waals surface area contributed by atoms with Crippen LogP contribution in [0.15, 0.2) is 41.9 Å². The van der Waals surface area contributed by atoms with E-state index < -0.39 is 0 Å². The topological polar surface area (TPSA) is 50.1 Å². The number of ether oxygens (including phenoxy) is 1. The molecule has 0 radical (unpaired) electrons. The molecule has 1 atom stereocenters. The third-order valence-corrected chi connectivity index (χ3v) is 6.64. The Bertz CT molecular complexity index is 984. The van der Waals surface area contributed by atoms with Gasteiger partial charge >= 0.3 is 0 Å². The number of imidazole rings is 1. The highest BCUT2D eigenvalue weighted by Gasteiger charge is 2.26. The Labute approximate surface area is 188 Å². The van der Waals surface area contributed by atoms with Crippen molar-refractivity contribution in [3.8, 4) is 0 Å². The lowest BCUT2D eigenvalue weighted by Gasteiger charge is -2.32. The first kappa shape index (κ1) is 22.0. The Morgan fingerprint density at radius 3 is 2.97 bits per heavy atom. The molecule has 0 N–H and O–H groups in total. The van der Waals surface area contributed by atoms with E-state index in [1.807, 2.05) is 36.8 Å². The van der Waals surface area contributed by atoms with Crippen molar-refractivity contribution in [3.63, 3.8) is 0 Å². The van der Waals surface area contributed by atoms with Crippen molar-refractivity contribution in [1.82, 2.24) is 19.2 Å². The van der Waals surface area contributed by atoms with E-state index in [-0.39, 0.29) is 12.0 Å². The number of aromatic nitrogens is 2. The van der Waals surface area contributed by atoms with Gasteiger partial charge in [-0.15, -0.1) is 11.3 Å². The van der Waals surface area contributed by atoms with Crippen LogP contribution in [0.4, 0.5) is 0 Å². The standard InChI is InChI=1S/C24H32N4O2S/c1-3-15-30-20-10-7-12-27(17-20)18-21-22(25-24-28(21)14-16-31-24)23(29)26(2)13-11-19-8-5-4-6-9-19/h4-6,8-9,14,16,20H,3,7,10-13,15,17-18H2,1-2H3/t20-/m0/s1. The molecule has 4 rings (SSSR count). The Hall–Kier alpha value is -2.22. The van der Waals surface area contributed by atoms with Crippen LogP contribution >= 0.6 is 11.3 Å². The Balaban J connectivity index is 1.47. The van der Waals surface area contributed by atoms with Crippen LogP contribution in [0.25, 0.3) is 4.96 Å². The van der Waals surface area contributed by atoms with E-state index in [1.165, 1.54) is 5.56 Å². The number of likely N-dealkylation sites (tertiary alicyclic amines) is 1. The zero-order chi connectivity index (χ0) is 21.6. The number of benzene rings is 1. The summed E-state index contributed by atoms with van der Waals surface area (Å²) in [7, 11) is 1.87. The maximum absolute atomic E-state index is 13.3. The van der Waals surface area contributed by atoms with Gasteiger partial charge in [-0.05, 0) is 37.8 Å². The van der Waals surface area contributed by atoms with Gasteiger partial charge in [0.25, 0.3) is 5.91 Å². The summed E-state index contributed by atoms with van der Waals surface area (Å²) in [6, 6.07) is 10.3. The van der Waals surface area contributed by atoms with Crippen LogP contribution in [-0.2, 0) is 17.7 Å². The maximum Gasteiger partial charge on any atom is 0.274 e.